The summed E-state index contributed by atoms with van der Waals surface area (Å²) in [4.78, 5) is 4.73. The number of hydrogen-bond acceptors (Lipinski definition) is 4. The van der Waals surface area contributed by atoms with Crippen molar-refractivity contribution < 1.29 is 4.74 Å². The summed E-state index contributed by atoms with van der Waals surface area (Å²) in [7, 11) is 0. The first-order chi connectivity index (χ1) is 7.74. The second kappa shape index (κ2) is 5.25. The molecule has 1 aromatic heterocycles. The van der Waals surface area contributed by atoms with Crippen molar-refractivity contribution in [3.63, 3.8) is 0 Å². The van der Waals surface area contributed by atoms with E-state index in [0.717, 1.165) is 39.0 Å². The van der Waals surface area contributed by atoms with Gasteiger partial charge in [0, 0.05) is 17.4 Å². The van der Waals surface area contributed by atoms with Gasteiger partial charge in [-0.05, 0) is 32.2 Å². The summed E-state index contributed by atoms with van der Waals surface area (Å²) in [5.74, 6) is 0. The third-order valence-electron chi connectivity index (χ3n) is 3.14. The van der Waals surface area contributed by atoms with E-state index in [9.17, 15) is 0 Å². The zero-order chi connectivity index (χ0) is 11.4. The molecule has 16 heavy (non-hydrogen) atoms. The van der Waals surface area contributed by atoms with E-state index in [1.54, 1.807) is 11.3 Å². The van der Waals surface area contributed by atoms with Crippen LogP contribution in [-0.4, -0.2) is 24.7 Å². The van der Waals surface area contributed by atoms with Crippen molar-refractivity contribution in [1.29, 1.82) is 0 Å². The van der Waals surface area contributed by atoms with E-state index < -0.39 is 0 Å². The summed E-state index contributed by atoms with van der Waals surface area (Å²) in [5, 5.41) is 3.41. The number of aromatic nitrogens is 1. The zero-order valence-corrected chi connectivity index (χ0v) is 10.7. The Hall–Kier alpha value is -0.450. The van der Waals surface area contributed by atoms with E-state index in [-0.39, 0.29) is 5.41 Å². The van der Waals surface area contributed by atoms with Crippen LogP contribution in [0.3, 0.4) is 0 Å². The molecule has 1 aliphatic heterocycles. The molecule has 0 bridgehead atoms. The van der Waals surface area contributed by atoms with E-state index in [0.29, 0.717) is 0 Å². The molecule has 0 radical (unpaired) electrons. The molecule has 1 aliphatic rings. The minimum absolute atomic E-state index is 0.143. The van der Waals surface area contributed by atoms with Crippen molar-refractivity contribution in [3.05, 3.63) is 16.1 Å². The van der Waals surface area contributed by atoms with Crippen LogP contribution in [0.2, 0.25) is 0 Å². The van der Waals surface area contributed by atoms with Crippen LogP contribution < -0.4 is 5.73 Å². The lowest BCUT2D eigenvalue weighted by atomic mass is 9.85. The minimum atomic E-state index is 0.143. The van der Waals surface area contributed by atoms with Crippen molar-refractivity contribution in [2.75, 3.05) is 19.8 Å². The maximum atomic E-state index is 5.58. The van der Waals surface area contributed by atoms with Gasteiger partial charge in [0.25, 0.3) is 0 Å². The zero-order valence-electron chi connectivity index (χ0n) is 9.87. The molecule has 0 spiro atoms. The lowest BCUT2D eigenvalue weighted by molar-refractivity contribution is 0.0418. The summed E-state index contributed by atoms with van der Waals surface area (Å²) in [6.07, 6.45) is 4.37. The van der Waals surface area contributed by atoms with Gasteiger partial charge >= 0.3 is 0 Å². The van der Waals surface area contributed by atoms with Crippen LogP contribution in [0.4, 0.5) is 0 Å². The lowest BCUT2D eigenvalue weighted by Crippen LogP contribution is -2.32. The first kappa shape index (κ1) is 12.0. The van der Waals surface area contributed by atoms with Crippen molar-refractivity contribution in [2.45, 2.75) is 38.0 Å². The maximum absolute atomic E-state index is 5.58. The molecule has 2 N–H and O–H groups in total. The Morgan fingerprint density at radius 1 is 1.62 bits per heavy atom. The summed E-state index contributed by atoms with van der Waals surface area (Å²) in [6.45, 7) is 4.72. The Labute approximate surface area is 101 Å². The SMILES string of the molecule is CC1(c2nc(CCCN)cs2)CCCOC1. The van der Waals surface area contributed by atoms with Crippen LogP contribution >= 0.6 is 11.3 Å². The van der Waals surface area contributed by atoms with Crippen LogP contribution in [0.25, 0.3) is 0 Å². The predicted octanol–water partition coefficient (Wildman–Crippen LogP) is 2.10. The van der Waals surface area contributed by atoms with Crippen LogP contribution in [0, 0.1) is 0 Å². The molecule has 1 atom stereocenters. The van der Waals surface area contributed by atoms with E-state index in [1.807, 2.05) is 0 Å². The first-order valence-electron chi connectivity index (χ1n) is 5.97. The molecule has 1 unspecified atom stereocenters. The molecule has 4 heteroatoms. The molecule has 1 aromatic rings. The van der Waals surface area contributed by atoms with Gasteiger partial charge in [0.1, 0.15) is 5.01 Å². The number of hydrogen-bond donors (Lipinski definition) is 1. The molecule has 0 amide bonds. The Morgan fingerprint density at radius 3 is 3.19 bits per heavy atom. The van der Waals surface area contributed by atoms with E-state index in [4.69, 9.17) is 15.5 Å². The number of thiazole rings is 1. The van der Waals surface area contributed by atoms with Gasteiger partial charge in [0.05, 0.1) is 12.3 Å². The predicted molar refractivity (Wildman–Crippen MR) is 66.9 cm³/mol. The van der Waals surface area contributed by atoms with Gasteiger partial charge in [-0.2, -0.15) is 0 Å². The molecular weight excluding hydrogens is 220 g/mol. The third kappa shape index (κ3) is 2.62. The number of rotatable bonds is 4. The van der Waals surface area contributed by atoms with Gasteiger partial charge in [0.2, 0.25) is 0 Å². The van der Waals surface area contributed by atoms with Gasteiger partial charge in [-0.3, -0.25) is 0 Å². The summed E-state index contributed by atoms with van der Waals surface area (Å²) in [5.41, 5.74) is 6.84. The van der Waals surface area contributed by atoms with Crippen LogP contribution in [-0.2, 0) is 16.6 Å². The fourth-order valence-corrected chi connectivity index (χ4v) is 3.12. The fourth-order valence-electron chi connectivity index (χ4n) is 2.08. The van der Waals surface area contributed by atoms with E-state index in [1.165, 1.54) is 17.1 Å². The average Bonchev–Trinajstić information content (AvgIpc) is 2.77. The van der Waals surface area contributed by atoms with Crippen LogP contribution in [0.1, 0.15) is 36.9 Å². The molecule has 2 rings (SSSR count). The van der Waals surface area contributed by atoms with Gasteiger partial charge in [-0.15, -0.1) is 11.3 Å². The molecule has 3 nitrogen and oxygen atoms in total. The fraction of sp³-hybridized carbons (Fsp3) is 0.750. The first-order valence-corrected chi connectivity index (χ1v) is 6.85. The molecule has 1 saturated heterocycles. The highest BCUT2D eigenvalue weighted by atomic mass is 32.1. The lowest BCUT2D eigenvalue weighted by Gasteiger charge is -2.31. The summed E-state index contributed by atoms with van der Waals surface area (Å²) < 4.78 is 5.58. The van der Waals surface area contributed by atoms with Crippen LogP contribution in [0.15, 0.2) is 5.38 Å². The topological polar surface area (TPSA) is 48.1 Å². The quantitative estimate of drug-likeness (QED) is 0.877. The number of ether oxygens (including phenoxy) is 1. The van der Waals surface area contributed by atoms with Gasteiger partial charge in [-0.1, -0.05) is 6.92 Å². The van der Waals surface area contributed by atoms with Gasteiger partial charge in [-0.25, -0.2) is 4.98 Å². The highest BCUT2D eigenvalue weighted by molar-refractivity contribution is 7.09. The normalized spacial score (nSPS) is 25.9. The van der Waals surface area contributed by atoms with E-state index in [2.05, 4.69) is 12.3 Å². The average molecular weight is 240 g/mol. The van der Waals surface area contributed by atoms with Crippen LogP contribution in [0.5, 0.6) is 0 Å². The smallest absolute Gasteiger partial charge is 0.101 e. The highest BCUT2D eigenvalue weighted by Crippen LogP contribution is 2.34. The molecule has 0 saturated carbocycles. The second-order valence-electron chi connectivity index (χ2n) is 4.75. The molecule has 2 heterocycles. The van der Waals surface area contributed by atoms with E-state index >= 15 is 0 Å². The molecular formula is C12H20N2OS. The Morgan fingerprint density at radius 2 is 2.50 bits per heavy atom. The number of nitrogens with two attached hydrogens (primary N) is 1. The van der Waals surface area contributed by atoms with Gasteiger partial charge in [0.15, 0.2) is 0 Å². The molecule has 1 fully saturated rings. The second-order valence-corrected chi connectivity index (χ2v) is 5.61. The molecule has 0 aliphatic carbocycles. The largest absolute Gasteiger partial charge is 0.380 e. The van der Waals surface area contributed by atoms with Crippen molar-refractivity contribution in [1.82, 2.24) is 4.98 Å². The summed E-state index contributed by atoms with van der Waals surface area (Å²) >= 11 is 1.77. The Kier molecular flexibility index (Phi) is 3.95. The summed E-state index contributed by atoms with van der Waals surface area (Å²) in [6, 6.07) is 0. The molecule has 0 aromatic carbocycles. The number of nitrogens with zero attached hydrogens (tertiary/aromatic N) is 1. The Balaban J connectivity index is 2.05. The maximum Gasteiger partial charge on any atom is 0.101 e. The van der Waals surface area contributed by atoms with Crippen molar-refractivity contribution in [3.8, 4) is 0 Å². The molecule has 90 valence electrons. The Bertz CT molecular complexity index is 332. The standard InChI is InChI=1S/C12H20N2OS/c1-12(5-3-7-15-9-12)11-14-10(8-16-11)4-2-6-13/h8H,2-7,9,13H2,1H3. The highest BCUT2D eigenvalue weighted by Gasteiger charge is 2.32. The van der Waals surface area contributed by atoms with Crippen molar-refractivity contribution in [2.24, 2.45) is 5.73 Å². The number of aryl methyl sites for hydroxylation is 1. The minimum Gasteiger partial charge on any atom is -0.380 e. The van der Waals surface area contributed by atoms with Crippen molar-refractivity contribution >= 4 is 11.3 Å². The monoisotopic (exact) mass is 240 g/mol. The third-order valence-corrected chi connectivity index (χ3v) is 4.34. The van der Waals surface area contributed by atoms with Gasteiger partial charge < -0.3 is 10.5 Å².